The van der Waals surface area contributed by atoms with E-state index in [-0.39, 0.29) is 0 Å². The van der Waals surface area contributed by atoms with E-state index in [0.717, 1.165) is 6.54 Å². The summed E-state index contributed by atoms with van der Waals surface area (Å²) in [4.78, 5) is 0. The van der Waals surface area contributed by atoms with Gasteiger partial charge in [-0.2, -0.15) is 0 Å². The maximum absolute atomic E-state index is 3.32. The first-order valence-electron chi connectivity index (χ1n) is 3.77. The van der Waals surface area contributed by atoms with Gasteiger partial charge >= 0.3 is 0 Å². The number of rotatable bonds is 0. The third-order valence-electron chi connectivity index (χ3n) is 1.86. The first-order valence-corrected chi connectivity index (χ1v) is 3.77. The van der Waals surface area contributed by atoms with E-state index in [1.54, 1.807) is 0 Å². The third kappa shape index (κ3) is 1.14. The second-order valence-electron chi connectivity index (χ2n) is 2.86. The van der Waals surface area contributed by atoms with Gasteiger partial charge in [-0.1, -0.05) is 17.7 Å². The molecule has 1 aliphatic heterocycles. The number of anilines is 1. The molecule has 1 N–H and O–H groups in total. The van der Waals surface area contributed by atoms with E-state index >= 15 is 0 Å². The second-order valence-corrected chi connectivity index (χ2v) is 2.86. The Balaban J connectivity index is 2.51. The summed E-state index contributed by atoms with van der Waals surface area (Å²) in [6, 6.07) is 9.05. The summed E-state index contributed by atoms with van der Waals surface area (Å²) in [7, 11) is 0. The molecule has 0 saturated carbocycles. The topological polar surface area (TPSA) is 12.0 Å². The summed E-state index contributed by atoms with van der Waals surface area (Å²) in [5.41, 5.74) is 3.84. The van der Waals surface area contributed by atoms with Crippen LogP contribution in [-0.4, -0.2) is 6.54 Å². The molecule has 0 atom stereocenters. The van der Waals surface area contributed by atoms with Crippen LogP contribution >= 0.6 is 0 Å². The van der Waals surface area contributed by atoms with Crippen molar-refractivity contribution in [3.63, 3.8) is 0 Å². The van der Waals surface area contributed by atoms with E-state index in [9.17, 15) is 0 Å². The third-order valence-corrected chi connectivity index (χ3v) is 1.86. The molecule has 1 aromatic rings. The van der Waals surface area contributed by atoms with Crippen molar-refractivity contribution in [1.82, 2.24) is 0 Å². The lowest BCUT2D eigenvalue weighted by Gasteiger charge is -2.15. The molecular formula is C10H10N. The van der Waals surface area contributed by atoms with E-state index < -0.39 is 0 Å². The highest BCUT2D eigenvalue weighted by atomic mass is 14.9. The number of nitrogens with one attached hydrogen (secondary N) is 1. The zero-order valence-corrected chi connectivity index (χ0v) is 6.52. The zero-order valence-electron chi connectivity index (χ0n) is 6.52. The summed E-state index contributed by atoms with van der Waals surface area (Å²) in [6.45, 7) is 3.10. The lowest BCUT2D eigenvalue weighted by Crippen LogP contribution is -2.07. The molecule has 0 fully saturated rings. The maximum atomic E-state index is 3.32. The van der Waals surface area contributed by atoms with Crippen LogP contribution in [0.1, 0.15) is 12.5 Å². The molecule has 0 spiro atoms. The van der Waals surface area contributed by atoms with Gasteiger partial charge in [-0.15, -0.1) is 0 Å². The Kier molecular flexibility index (Phi) is 1.42. The average molecular weight is 144 g/mol. The molecule has 0 bridgehead atoms. The molecule has 1 aliphatic rings. The van der Waals surface area contributed by atoms with E-state index in [2.05, 4.69) is 30.4 Å². The van der Waals surface area contributed by atoms with Crippen molar-refractivity contribution in [1.29, 1.82) is 0 Å². The quantitative estimate of drug-likeness (QED) is 0.589. The van der Waals surface area contributed by atoms with Crippen molar-refractivity contribution in [3.05, 3.63) is 35.4 Å². The smallest absolute Gasteiger partial charge is 0.0416 e. The number of hydrogen-bond acceptors (Lipinski definition) is 1. The minimum atomic E-state index is 0.969. The van der Waals surface area contributed by atoms with Gasteiger partial charge in [-0.05, 0) is 30.7 Å². The van der Waals surface area contributed by atoms with Crippen LogP contribution in [0.2, 0.25) is 0 Å². The maximum Gasteiger partial charge on any atom is 0.0416 e. The fourth-order valence-corrected chi connectivity index (χ4v) is 1.27. The predicted octanol–water partition coefficient (Wildman–Crippen LogP) is 2.32. The lowest BCUT2D eigenvalue weighted by atomic mass is 10.1. The van der Waals surface area contributed by atoms with Crippen LogP contribution in [0.15, 0.2) is 23.8 Å². The molecule has 1 radical (unpaired) electrons. The normalized spacial score (nSPS) is 14.8. The van der Waals surface area contributed by atoms with Gasteiger partial charge in [0.15, 0.2) is 0 Å². The fraction of sp³-hybridized carbons (Fsp3) is 0.200. The Morgan fingerprint density at radius 2 is 2.45 bits per heavy atom. The van der Waals surface area contributed by atoms with Gasteiger partial charge in [0.2, 0.25) is 0 Å². The molecule has 1 aromatic carbocycles. The lowest BCUT2D eigenvalue weighted by molar-refractivity contribution is 1.19. The van der Waals surface area contributed by atoms with Crippen LogP contribution in [0.25, 0.3) is 6.08 Å². The minimum Gasteiger partial charge on any atom is -0.381 e. The first-order chi connectivity index (χ1) is 5.36. The summed E-state index contributed by atoms with van der Waals surface area (Å²) < 4.78 is 0. The Morgan fingerprint density at radius 1 is 1.55 bits per heavy atom. The Morgan fingerprint density at radius 3 is 3.36 bits per heavy atom. The Labute approximate surface area is 66.7 Å². The molecule has 1 heteroatoms. The van der Waals surface area contributed by atoms with E-state index in [4.69, 9.17) is 0 Å². The highest BCUT2D eigenvalue weighted by molar-refractivity contribution is 5.71. The monoisotopic (exact) mass is 144 g/mol. The molecule has 0 amide bonds. The second kappa shape index (κ2) is 2.42. The number of hydrogen-bond donors (Lipinski definition) is 1. The van der Waals surface area contributed by atoms with Crippen molar-refractivity contribution in [2.45, 2.75) is 6.92 Å². The van der Waals surface area contributed by atoms with Crippen molar-refractivity contribution in [2.75, 3.05) is 11.9 Å². The van der Waals surface area contributed by atoms with Crippen LogP contribution < -0.4 is 5.32 Å². The first kappa shape index (κ1) is 6.47. The molecule has 1 heterocycles. The highest BCUT2D eigenvalue weighted by Gasteiger charge is 2.03. The van der Waals surface area contributed by atoms with Gasteiger partial charge < -0.3 is 5.32 Å². The van der Waals surface area contributed by atoms with Crippen LogP contribution in [-0.2, 0) is 0 Å². The molecule has 55 valence electrons. The predicted molar refractivity (Wildman–Crippen MR) is 47.4 cm³/mol. The highest BCUT2D eigenvalue weighted by Crippen LogP contribution is 2.21. The summed E-state index contributed by atoms with van der Waals surface area (Å²) in [5, 5.41) is 3.32. The van der Waals surface area contributed by atoms with Gasteiger partial charge in [0.1, 0.15) is 0 Å². The fourth-order valence-electron chi connectivity index (χ4n) is 1.27. The number of fused-ring (bicyclic) bond motifs is 1. The van der Waals surface area contributed by atoms with Crippen LogP contribution in [0.5, 0.6) is 0 Å². The Hall–Kier alpha value is -1.24. The molecule has 0 aliphatic carbocycles. The minimum absolute atomic E-state index is 0.969. The van der Waals surface area contributed by atoms with Gasteiger partial charge in [-0.3, -0.25) is 0 Å². The van der Waals surface area contributed by atoms with Crippen molar-refractivity contribution < 1.29 is 0 Å². The van der Waals surface area contributed by atoms with Crippen molar-refractivity contribution in [3.8, 4) is 0 Å². The molecular weight excluding hydrogens is 134 g/mol. The van der Waals surface area contributed by atoms with Crippen LogP contribution in [0.3, 0.4) is 0 Å². The van der Waals surface area contributed by atoms with E-state index in [1.807, 2.05) is 12.1 Å². The van der Waals surface area contributed by atoms with Crippen LogP contribution in [0, 0.1) is 6.07 Å². The largest absolute Gasteiger partial charge is 0.381 e. The summed E-state index contributed by atoms with van der Waals surface area (Å²) in [5.74, 6) is 0. The number of benzene rings is 1. The standard InChI is InChI=1S/C10H10N/c1-8-6-9-4-2-3-5-10(9)11-7-8/h3-6,11H,7H2,1H3. The molecule has 0 saturated heterocycles. The van der Waals surface area contributed by atoms with Crippen LogP contribution in [0.4, 0.5) is 5.69 Å². The van der Waals surface area contributed by atoms with Gasteiger partial charge in [0.25, 0.3) is 0 Å². The zero-order chi connectivity index (χ0) is 7.68. The van der Waals surface area contributed by atoms with Crippen molar-refractivity contribution >= 4 is 11.8 Å². The summed E-state index contributed by atoms with van der Waals surface area (Å²) >= 11 is 0. The van der Waals surface area contributed by atoms with E-state index in [0.29, 0.717) is 0 Å². The molecule has 1 nitrogen and oxygen atoms in total. The molecule has 0 aromatic heterocycles. The average Bonchev–Trinajstić information content (AvgIpc) is 2.04. The van der Waals surface area contributed by atoms with Crippen molar-refractivity contribution in [2.24, 2.45) is 0 Å². The molecule has 2 rings (SSSR count). The van der Waals surface area contributed by atoms with E-state index in [1.165, 1.54) is 16.8 Å². The molecule has 11 heavy (non-hydrogen) atoms. The van der Waals surface area contributed by atoms with Gasteiger partial charge in [0, 0.05) is 12.2 Å². The van der Waals surface area contributed by atoms with Gasteiger partial charge in [0.05, 0.1) is 0 Å². The summed E-state index contributed by atoms with van der Waals surface area (Å²) in [6.07, 6.45) is 2.20. The molecule has 0 unspecified atom stereocenters. The van der Waals surface area contributed by atoms with Gasteiger partial charge in [-0.25, -0.2) is 0 Å². The SMILES string of the molecule is CC1=Cc2c[c]ccc2NC1. The Bertz CT molecular complexity index is 299.